The van der Waals surface area contributed by atoms with Crippen LogP contribution >= 0.6 is 0 Å². The third-order valence-electron chi connectivity index (χ3n) is 4.51. The predicted molar refractivity (Wildman–Crippen MR) is 115 cm³/mol. The summed E-state index contributed by atoms with van der Waals surface area (Å²) in [5.41, 5.74) is 2.71. The Bertz CT molecular complexity index is 1180. The van der Waals surface area contributed by atoms with Gasteiger partial charge in [0, 0.05) is 18.8 Å². The molecule has 1 heterocycles. The van der Waals surface area contributed by atoms with Crippen molar-refractivity contribution in [2.75, 3.05) is 11.8 Å². The van der Waals surface area contributed by atoms with E-state index in [1.807, 2.05) is 13.0 Å². The lowest BCUT2D eigenvalue weighted by atomic mass is 10.1. The third kappa shape index (κ3) is 4.96. The minimum atomic E-state index is -3.85. The molecule has 7 nitrogen and oxygen atoms in total. The van der Waals surface area contributed by atoms with E-state index >= 15 is 0 Å². The highest BCUT2D eigenvalue weighted by Crippen LogP contribution is 2.23. The number of methoxy groups -OCH3 is 1. The Hall–Kier alpha value is -3.39. The number of nitrogens with zero attached hydrogens (tertiary/aromatic N) is 1. The number of aryl methyl sites for hydroxylation is 2. The Kier molecular flexibility index (Phi) is 6.37. The van der Waals surface area contributed by atoms with Crippen LogP contribution in [0, 0.1) is 13.8 Å². The monoisotopic (exact) mass is 425 g/mol. The first kappa shape index (κ1) is 21.3. The molecule has 0 spiro atoms. The van der Waals surface area contributed by atoms with E-state index < -0.39 is 15.9 Å². The number of para-hydroxylation sites is 1. The number of hydrogen-bond donors (Lipinski definition) is 2. The van der Waals surface area contributed by atoms with E-state index in [-0.39, 0.29) is 22.7 Å². The Morgan fingerprint density at radius 1 is 1.07 bits per heavy atom. The Balaban J connectivity index is 1.81. The number of aromatic nitrogens is 1. The van der Waals surface area contributed by atoms with Crippen LogP contribution in [0.2, 0.25) is 0 Å². The van der Waals surface area contributed by atoms with Crippen LogP contribution in [0.3, 0.4) is 0 Å². The van der Waals surface area contributed by atoms with Crippen molar-refractivity contribution in [3.63, 3.8) is 0 Å². The predicted octanol–water partition coefficient (Wildman–Crippen LogP) is 3.44. The minimum Gasteiger partial charge on any atom is -0.481 e. The van der Waals surface area contributed by atoms with Crippen LogP contribution < -0.4 is 14.8 Å². The zero-order valence-electron chi connectivity index (χ0n) is 17.0. The number of hydrogen-bond acceptors (Lipinski definition) is 5. The topological polar surface area (TPSA) is 97.4 Å². The summed E-state index contributed by atoms with van der Waals surface area (Å²) in [7, 11) is -2.34. The molecule has 0 saturated carbocycles. The lowest BCUT2D eigenvalue weighted by Crippen LogP contribution is -2.25. The molecule has 1 amide bonds. The first-order valence-corrected chi connectivity index (χ1v) is 10.7. The van der Waals surface area contributed by atoms with Gasteiger partial charge in [0.05, 0.1) is 23.3 Å². The van der Waals surface area contributed by atoms with Crippen molar-refractivity contribution in [3.8, 4) is 5.88 Å². The molecule has 156 valence electrons. The molecular weight excluding hydrogens is 402 g/mol. The molecular formula is C22H23N3O4S. The average Bonchev–Trinajstić information content (AvgIpc) is 2.74. The number of anilines is 1. The van der Waals surface area contributed by atoms with Gasteiger partial charge in [-0.3, -0.25) is 9.52 Å². The van der Waals surface area contributed by atoms with Gasteiger partial charge < -0.3 is 10.1 Å². The summed E-state index contributed by atoms with van der Waals surface area (Å²) in [6.45, 7) is 3.80. The van der Waals surface area contributed by atoms with Crippen molar-refractivity contribution in [1.82, 2.24) is 10.3 Å². The molecule has 3 aromatic rings. The van der Waals surface area contributed by atoms with Gasteiger partial charge in [0.1, 0.15) is 0 Å². The SMILES string of the molecule is COc1cc(CNC(=O)c2ccccc2NS(=O)(=O)c2cc(C)ccc2C)ccn1. The first-order chi connectivity index (χ1) is 14.3. The van der Waals surface area contributed by atoms with Crippen LogP contribution in [0.5, 0.6) is 5.88 Å². The fourth-order valence-corrected chi connectivity index (χ4v) is 4.33. The summed E-state index contributed by atoms with van der Waals surface area (Å²) in [6.07, 6.45) is 1.59. The quantitative estimate of drug-likeness (QED) is 0.604. The van der Waals surface area contributed by atoms with Crippen LogP contribution in [0.25, 0.3) is 0 Å². The highest BCUT2D eigenvalue weighted by molar-refractivity contribution is 7.92. The number of carbonyl (C=O) groups is 1. The lowest BCUT2D eigenvalue weighted by molar-refractivity contribution is 0.0951. The Labute approximate surface area is 176 Å². The van der Waals surface area contributed by atoms with E-state index in [9.17, 15) is 13.2 Å². The Morgan fingerprint density at radius 3 is 2.60 bits per heavy atom. The zero-order valence-corrected chi connectivity index (χ0v) is 17.8. The number of sulfonamides is 1. The number of benzene rings is 2. The minimum absolute atomic E-state index is 0.182. The highest BCUT2D eigenvalue weighted by atomic mass is 32.2. The molecule has 0 aliphatic rings. The molecule has 2 N–H and O–H groups in total. The second-order valence-electron chi connectivity index (χ2n) is 6.81. The fourth-order valence-electron chi connectivity index (χ4n) is 2.92. The molecule has 8 heteroatoms. The summed E-state index contributed by atoms with van der Waals surface area (Å²) < 4.78 is 33.5. The number of ether oxygens (including phenoxy) is 1. The van der Waals surface area contributed by atoms with E-state index in [1.54, 1.807) is 61.7 Å². The second kappa shape index (κ2) is 8.96. The maximum Gasteiger partial charge on any atom is 0.262 e. The largest absolute Gasteiger partial charge is 0.481 e. The molecule has 0 aliphatic carbocycles. The molecule has 30 heavy (non-hydrogen) atoms. The van der Waals surface area contributed by atoms with E-state index in [2.05, 4.69) is 15.0 Å². The fraction of sp³-hybridized carbons (Fsp3) is 0.182. The van der Waals surface area contributed by atoms with Crippen molar-refractivity contribution >= 4 is 21.6 Å². The molecule has 0 aliphatic heterocycles. The van der Waals surface area contributed by atoms with Crippen molar-refractivity contribution in [3.05, 3.63) is 83.0 Å². The van der Waals surface area contributed by atoms with Crippen molar-refractivity contribution < 1.29 is 17.9 Å². The Morgan fingerprint density at radius 2 is 1.83 bits per heavy atom. The summed E-state index contributed by atoms with van der Waals surface area (Å²) in [4.78, 5) is 17.0. The molecule has 2 aromatic carbocycles. The standard InChI is InChI=1S/C22H23N3O4S/c1-15-8-9-16(2)20(12-15)30(27,28)25-19-7-5-4-6-18(19)22(26)24-14-17-10-11-23-21(13-17)29-3/h4-13,25H,14H2,1-3H3,(H,24,26). The highest BCUT2D eigenvalue weighted by Gasteiger charge is 2.20. The van der Waals surface area contributed by atoms with Crippen molar-refractivity contribution in [1.29, 1.82) is 0 Å². The molecule has 0 radical (unpaired) electrons. The molecule has 0 unspecified atom stereocenters. The van der Waals surface area contributed by atoms with E-state index in [0.29, 0.717) is 11.4 Å². The number of carbonyl (C=O) groups excluding carboxylic acids is 1. The smallest absolute Gasteiger partial charge is 0.262 e. The lowest BCUT2D eigenvalue weighted by Gasteiger charge is -2.14. The zero-order chi connectivity index (χ0) is 21.7. The van der Waals surface area contributed by atoms with Crippen molar-refractivity contribution in [2.24, 2.45) is 0 Å². The molecule has 1 aromatic heterocycles. The average molecular weight is 426 g/mol. The van der Waals surface area contributed by atoms with Gasteiger partial charge in [0.25, 0.3) is 15.9 Å². The van der Waals surface area contributed by atoms with Crippen LogP contribution in [0.4, 0.5) is 5.69 Å². The van der Waals surface area contributed by atoms with Gasteiger partial charge in [0.15, 0.2) is 0 Å². The summed E-state index contributed by atoms with van der Waals surface area (Å²) >= 11 is 0. The van der Waals surface area contributed by atoms with Crippen LogP contribution in [0.1, 0.15) is 27.0 Å². The number of nitrogens with one attached hydrogen (secondary N) is 2. The van der Waals surface area contributed by atoms with Crippen LogP contribution in [-0.4, -0.2) is 26.4 Å². The molecule has 0 fully saturated rings. The van der Waals surface area contributed by atoms with E-state index in [1.165, 1.54) is 7.11 Å². The molecule has 3 rings (SSSR count). The maximum absolute atomic E-state index is 12.9. The van der Waals surface area contributed by atoms with Crippen LogP contribution in [-0.2, 0) is 16.6 Å². The number of pyridine rings is 1. The normalized spacial score (nSPS) is 11.0. The van der Waals surface area contributed by atoms with Gasteiger partial charge in [-0.2, -0.15) is 0 Å². The summed E-state index contributed by atoms with van der Waals surface area (Å²) in [6, 6.07) is 15.2. The molecule has 0 saturated heterocycles. The van der Waals surface area contributed by atoms with Gasteiger partial charge in [-0.1, -0.05) is 24.3 Å². The molecule has 0 atom stereocenters. The van der Waals surface area contributed by atoms with Crippen molar-refractivity contribution in [2.45, 2.75) is 25.3 Å². The summed E-state index contributed by atoms with van der Waals surface area (Å²) in [5.74, 6) is 0.0495. The van der Waals surface area contributed by atoms with Gasteiger partial charge in [-0.25, -0.2) is 13.4 Å². The first-order valence-electron chi connectivity index (χ1n) is 9.26. The second-order valence-corrected chi connectivity index (χ2v) is 8.46. The van der Waals surface area contributed by atoms with Gasteiger partial charge in [-0.15, -0.1) is 0 Å². The van der Waals surface area contributed by atoms with E-state index in [4.69, 9.17) is 4.74 Å². The molecule has 0 bridgehead atoms. The van der Waals surface area contributed by atoms with Gasteiger partial charge in [0.2, 0.25) is 5.88 Å². The maximum atomic E-state index is 12.9. The third-order valence-corrected chi connectivity index (χ3v) is 6.02. The van der Waals surface area contributed by atoms with Gasteiger partial charge >= 0.3 is 0 Å². The summed E-state index contributed by atoms with van der Waals surface area (Å²) in [5, 5.41) is 2.80. The number of amides is 1. The van der Waals surface area contributed by atoms with E-state index in [0.717, 1.165) is 11.1 Å². The van der Waals surface area contributed by atoms with Crippen LogP contribution in [0.15, 0.2) is 65.7 Å². The van der Waals surface area contributed by atoms with Gasteiger partial charge in [-0.05, 0) is 54.8 Å². The number of rotatable bonds is 7.